The normalized spacial score (nSPS) is 13.0. The molecule has 0 aromatic carbocycles. The van der Waals surface area contributed by atoms with Crippen molar-refractivity contribution in [3.63, 3.8) is 0 Å². The van der Waals surface area contributed by atoms with E-state index in [0.29, 0.717) is 17.4 Å². The summed E-state index contributed by atoms with van der Waals surface area (Å²) in [6.45, 7) is 4.73. The van der Waals surface area contributed by atoms with Gasteiger partial charge in [-0.3, -0.25) is 9.59 Å². The van der Waals surface area contributed by atoms with Crippen LogP contribution in [-0.2, 0) is 33.3 Å². The molecular formula is C69H127NO8. The molecule has 0 aromatic rings. The minimum absolute atomic E-state index is 0.148. The average Bonchev–Trinajstić information content (AvgIpc) is 3.41. The molecule has 0 aromatic heterocycles. The Morgan fingerprint density at radius 1 is 0.385 bits per heavy atom. The maximum Gasteiger partial charge on any atom is 0.306 e. The van der Waals surface area contributed by atoms with Gasteiger partial charge >= 0.3 is 11.9 Å². The lowest BCUT2D eigenvalue weighted by atomic mass is 10.0. The van der Waals surface area contributed by atoms with E-state index in [9.17, 15) is 19.5 Å². The first-order valence-corrected chi connectivity index (χ1v) is 33.3. The largest absolute Gasteiger partial charge is 0.545 e. The van der Waals surface area contributed by atoms with Crippen molar-refractivity contribution in [1.82, 2.24) is 0 Å². The van der Waals surface area contributed by atoms with Crippen LogP contribution in [0.1, 0.15) is 316 Å². The van der Waals surface area contributed by atoms with E-state index >= 15 is 0 Å². The average molecular weight is 1100 g/mol. The van der Waals surface area contributed by atoms with Crippen LogP contribution in [0.5, 0.6) is 0 Å². The Hall–Kier alpha value is -2.75. The maximum absolute atomic E-state index is 12.9. The quantitative estimate of drug-likeness (QED) is 0.0195. The molecule has 0 aliphatic heterocycles. The highest BCUT2D eigenvalue weighted by Crippen LogP contribution is 2.18. The second-order valence-electron chi connectivity index (χ2n) is 23.8. The van der Waals surface area contributed by atoms with Gasteiger partial charge in [-0.1, -0.05) is 274 Å². The summed E-state index contributed by atoms with van der Waals surface area (Å²) in [6.07, 6.45) is 73.6. The van der Waals surface area contributed by atoms with Crippen LogP contribution in [0.3, 0.4) is 0 Å². The number of likely N-dealkylation sites (N-methyl/N-ethyl adjacent to an activating group) is 1. The Bertz CT molecular complexity index is 1420. The maximum atomic E-state index is 12.9. The number of quaternary nitrogens is 1. The number of unbranched alkanes of at least 4 members (excludes halogenated alkanes) is 39. The summed E-state index contributed by atoms with van der Waals surface area (Å²) in [5.41, 5.74) is 0. The summed E-state index contributed by atoms with van der Waals surface area (Å²) in [4.78, 5) is 37.2. The van der Waals surface area contributed by atoms with E-state index in [1.54, 1.807) is 0 Å². The van der Waals surface area contributed by atoms with E-state index in [0.717, 1.165) is 64.2 Å². The highest BCUT2D eigenvalue weighted by molar-refractivity contribution is 5.70. The minimum Gasteiger partial charge on any atom is -0.545 e. The van der Waals surface area contributed by atoms with E-state index < -0.39 is 24.3 Å². The first kappa shape index (κ1) is 75.2. The van der Waals surface area contributed by atoms with Crippen molar-refractivity contribution in [2.24, 2.45) is 0 Å². The number of carboxylic acids is 1. The van der Waals surface area contributed by atoms with Crippen LogP contribution in [0.25, 0.3) is 0 Å². The second kappa shape index (κ2) is 60.3. The molecule has 0 aliphatic carbocycles. The zero-order chi connectivity index (χ0) is 56.9. The molecule has 78 heavy (non-hydrogen) atoms. The first-order chi connectivity index (χ1) is 38.1. The number of nitrogens with zero attached hydrogens (tertiary/aromatic N) is 1. The minimum atomic E-state index is -1.62. The Kier molecular flexibility index (Phi) is 58.2. The number of allylic oxidation sites excluding steroid dienone is 8. The lowest BCUT2D eigenvalue weighted by molar-refractivity contribution is -0.870. The molecular weight excluding hydrogens is 971 g/mol. The monoisotopic (exact) mass is 1100 g/mol. The number of carboxylic acid groups (broad SMARTS) is 1. The standard InChI is InChI=1S/C69H127NO8/c1-6-8-10-12-14-16-18-20-21-22-23-24-25-26-27-28-29-30-31-32-33-34-35-36-37-38-39-40-41-42-43-44-45-46-47-48-50-52-54-56-58-60-67(72)78-65(64-77-69(68(73)74)75-62-61-70(3,4)5)63-76-66(71)59-57-55-53-51-49-19-17-15-13-11-9-7-2/h15,17-18,20,22-23,25-26,65,69H,6-14,16,19,21,24,27-64H2,1-5H3/b17-15-,20-18-,23-22-,26-25-. The summed E-state index contributed by atoms with van der Waals surface area (Å²) in [5, 5.41) is 11.8. The summed E-state index contributed by atoms with van der Waals surface area (Å²) >= 11 is 0. The number of hydrogen-bond acceptors (Lipinski definition) is 8. The van der Waals surface area contributed by atoms with Gasteiger partial charge in [0.15, 0.2) is 12.4 Å². The second-order valence-corrected chi connectivity index (χ2v) is 23.8. The molecule has 0 radical (unpaired) electrons. The van der Waals surface area contributed by atoms with Gasteiger partial charge in [-0.05, 0) is 77.0 Å². The van der Waals surface area contributed by atoms with E-state index in [1.807, 2.05) is 21.1 Å². The number of carbonyl (C=O) groups excluding carboxylic acids is 3. The number of rotatable bonds is 62. The van der Waals surface area contributed by atoms with E-state index in [2.05, 4.69) is 62.5 Å². The molecule has 2 unspecified atom stereocenters. The van der Waals surface area contributed by atoms with E-state index in [4.69, 9.17) is 18.9 Å². The van der Waals surface area contributed by atoms with Crippen molar-refractivity contribution in [2.45, 2.75) is 328 Å². The van der Waals surface area contributed by atoms with Crippen molar-refractivity contribution in [3.8, 4) is 0 Å². The van der Waals surface area contributed by atoms with Gasteiger partial charge in [-0.2, -0.15) is 0 Å². The fourth-order valence-electron chi connectivity index (χ4n) is 9.66. The van der Waals surface area contributed by atoms with Gasteiger partial charge in [0.25, 0.3) is 0 Å². The third-order valence-corrected chi connectivity index (χ3v) is 14.8. The molecule has 0 amide bonds. The Balaban J connectivity index is 3.88. The Labute approximate surface area is 482 Å². The molecule has 0 aliphatic rings. The summed E-state index contributed by atoms with van der Waals surface area (Å²) < 4.78 is 22.7. The van der Waals surface area contributed by atoms with E-state index in [-0.39, 0.29) is 38.6 Å². The molecule has 9 heteroatoms. The van der Waals surface area contributed by atoms with Gasteiger partial charge < -0.3 is 33.3 Å². The van der Waals surface area contributed by atoms with Gasteiger partial charge in [-0.15, -0.1) is 0 Å². The fourth-order valence-corrected chi connectivity index (χ4v) is 9.66. The molecule has 9 nitrogen and oxygen atoms in total. The molecule has 0 heterocycles. The molecule has 0 saturated heterocycles. The number of esters is 2. The van der Waals surface area contributed by atoms with Gasteiger partial charge in [0.1, 0.15) is 13.2 Å². The molecule has 0 spiro atoms. The van der Waals surface area contributed by atoms with Gasteiger partial charge in [0.2, 0.25) is 0 Å². The third kappa shape index (κ3) is 60.9. The highest BCUT2D eigenvalue weighted by atomic mass is 16.7. The van der Waals surface area contributed by atoms with Crippen molar-refractivity contribution in [3.05, 3.63) is 48.6 Å². The predicted octanol–water partition coefficient (Wildman–Crippen LogP) is 18.9. The number of ether oxygens (including phenoxy) is 4. The predicted molar refractivity (Wildman–Crippen MR) is 329 cm³/mol. The Morgan fingerprint density at radius 2 is 0.692 bits per heavy atom. The number of carbonyl (C=O) groups is 3. The topological polar surface area (TPSA) is 111 Å². The molecule has 0 saturated carbocycles. The van der Waals surface area contributed by atoms with Crippen molar-refractivity contribution >= 4 is 17.9 Å². The van der Waals surface area contributed by atoms with E-state index in [1.165, 1.54) is 218 Å². The number of hydrogen-bond donors (Lipinski definition) is 0. The van der Waals surface area contributed by atoms with Gasteiger partial charge in [-0.25, -0.2) is 0 Å². The molecule has 2 atom stereocenters. The van der Waals surface area contributed by atoms with Gasteiger partial charge in [0.05, 0.1) is 40.3 Å². The summed E-state index contributed by atoms with van der Waals surface area (Å²) in [7, 11) is 5.93. The highest BCUT2D eigenvalue weighted by Gasteiger charge is 2.22. The molecule has 456 valence electrons. The molecule has 0 fully saturated rings. The van der Waals surface area contributed by atoms with Crippen LogP contribution in [0.2, 0.25) is 0 Å². The lowest BCUT2D eigenvalue weighted by Gasteiger charge is -2.26. The van der Waals surface area contributed by atoms with Crippen LogP contribution < -0.4 is 5.11 Å². The molecule has 0 N–H and O–H groups in total. The lowest BCUT2D eigenvalue weighted by Crippen LogP contribution is -2.44. The molecule has 0 bridgehead atoms. The van der Waals surface area contributed by atoms with Crippen molar-refractivity contribution in [1.29, 1.82) is 0 Å². The number of aliphatic carboxylic acids is 1. The zero-order valence-corrected chi connectivity index (χ0v) is 52.0. The van der Waals surface area contributed by atoms with Crippen LogP contribution in [0.4, 0.5) is 0 Å². The van der Waals surface area contributed by atoms with Crippen LogP contribution in [0.15, 0.2) is 48.6 Å². The van der Waals surface area contributed by atoms with Crippen molar-refractivity contribution in [2.75, 3.05) is 47.5 Å². The first-order valence-electron chi connectivity index (χ1n) is 33.3. The summed E-state index contributed by atoms with van der Waals surface area (Å²) in [6, 6.07) is 0. The Morgan fingerprint density at radius 3 is 1.06 bits per heavy atom. The molecule has 0 rings (SSSR count). The smallest absolute Gasteiger partial charge is 0.306 e. The third-order valence-electron chi connectivity index (χ3n) is 14.8. The van der Waals surface area contributed by atoms with Crippen LogP contribution >= 0.6 is 0 Å². The fraction of sp³-hybridized carbons (Fsp3) is 0.841. The van der Waals surface area contributed by atoms with Gasteiger partial charge in [0, 0.05) is 12.8 Å². The van der Waals surface area contributed by atoms with Crippen molar-refractivity contribution < 1.29 is 42.9 Å². The van der Waals surface area contributed by atoms with Crippen LogP contribution in [0, 0.1) is 0 Å². The SMILES string of the molecule is CCCCC/C=C\CCCCCCCC(=O)OCC(COC(OCC[N+](C)(C)C)C(=O)[O-])OC(=O)CCCCCCCCCCCCCCCCCCCCCCCCCCCC/C=C\C/C=C\C/C=C\CCCCCCC. The zero-order valence-electron chi connectivity index (χ0n) is 52.0. The summed E-state index contributed by atoms with van der Waals surface area (Å²) in [5.74, 6) is -2.28. The van der Waals surface area contributed by atoms with Crippen LogP contribution in [-0.4, -0.2) is 82.3 Å².